The molecule has 0 radical (unpaired) electrons. The number of ether oxygens (including phenoxy) is 1. The Labute approximate surface area is 130 Å². The summed E-state index contributed by atoms with van der Waals surface area (Å²) in [6.07, 6.45) is 0. The minimum Gasteiger partial charge on any atom is -0.496 e. The second kappa shape index (κ2) is 5.92. The molecule has 1 heterocycles. The Morgan fingerprint density at radius 3 is 2.67 bits per heavy atom. The summed E-state index contributed by atoms with van der Waals surface area (Å²) in [5.41, 5.74) is -0.106. The van der Waals surface area contributed by atoms with Crippen LogP contribution in [0.15, 0.2) is 33.9 Å². The Balaban J connectivity index is 2.44. The molecule has 0 saturated heterocycles. The Hall–Kier alpha value is -1.77. The number of hydrogen-bond donors (Lipinski definition) is 2. The SMILES string of the molecule is COc1cc(NS(=O)(=O)c2ccsc2)c(Cl)cc1C(=O)O. The number of sulfonamides is 1. The number of carboxylic acid groups (broad SMARTS) is 1. The predicted octanol–water partition coefficient (Wildman–Crippen LogP) is 2.91. The van der Waals surface area contributed by atoms with Crippen LogP contribution in [0, 0.1) is 0 Å². The molecular weight excluding hydrogens is 338 g/mol. The van der Waals surface area contributed by atoms with Crippen LogP contribution < -0.4 is 9.46 Å². The zero-order valence-electron chi connectivity index (χ0n) is 10.7. The first-order valence-corrected chi connectivity index (χ1v) is 8.31. The molecule has 0 aliphatic rings. The van der Waals surface area contributed by atoms with Gasteiger partial charge in [-0.05, 0) is 17.5 Å². The number of aromatic carboxylic acids is 1. The second-order valence-corrected chi connectivity index (χ2v) is 6.77. The summed E-state index contributed by atoms with van der Waals surface area (Å²) < 4.78 is 31.5. The molecule has 0 spiro atoms. The molecule has 0 amide bonds. The number of carboxylic acids is 1. The van der Waals surface area contributed by atoms with Crippen LogP contribution in [-0.2, 0) is 10.0 Å². The molecule has 0 atom stereocenters. The second-order valence-electron chi connectivity index (χ2n) is 3.90. The maximum Gasteiger partial charge on any atom is 0.339 e. The van der Waals surface area contributed by atoms with Crippen LogP contribution in [0.5, 0.6) is 5.75 Å². The van der Waals surface area contributed by atoms with Gasteiger partial charge in [0.15, 0.2) is 0 Å². The Kier molecular flexibility index (Phi) is 4.40. The Morgan fingerprint density at radius 2 is 2.14 bits per heavy atom. The van der Waals surface area contributed by atoms with E-state index in [0.717, 1.165) is 6.07 Å². The molecule has 112 valence electrons. The van der Waals surface area contributed by atoms with Gasteiger partial charge in [0.1, 0.15) is 11.3 Å². The number of rotatable bonds is 5. The van der Waals surface area contributed by atoms with Gasteiger partial charge >= 0.3 is 5.97 Å². The molecule has 21 heavy (non-hydrogen) atoms. The van der Waals surface area contributed by atoms with E-state index in [4.69, 9.17) is 21.4 Å². The van der Waals surface area contributed by atoms with Crippen molar-refractivity contribution in [3.05, 3.63) is 39.5 Å². The lowest BCUT2D eigenvalue weighted by atomic mass is 10.2. The third-order valence-electron chi connectivity index (χ3n) is 2.57. The van der Waals surface area contributed by atoms with Gasteiger partial charge in [-0.15, -0.1) is 0 Å². The van der Waals surface area contributed by atoms with E-state index in [9.17, 15) is 13.2 Å². The number of carbonyl (C=O) groups is 1. The molecule has 2 N–H and O–H groups in total. The van der Waals surface area contributed by atoms with E-state index in [-0.39, 0.29) is 26.9 Å². The zero-order chi connectivity index (χ0) is 15.6. The molecule has 1 aromatic carbocycles. The minimum atomic E-state index is -3.78. The number of hydrogen-bond acceptors (Lipinski definition) is 5. The number of anilines is 1. The van der Waals surface area contributed by atoms with Gasteiger partial charge in [-0.1, -0.05) is 11.6 Å². The topological polar surface area (TPSA) is 92.7 Å². The molecule has 1 aromatic heterocycles. The van der Waals surface area contributed by atoms with Gasteiger partial charge in [-0.3, -0.25) is 4.72 Å². The van der Waals surface area contributed by atoms with Gasteiger partial charge in [-0.25, -0.2) is 13.2 Å². The van der Waals surface area contributed by atoms with Crippen molar-refractivity contribution in [1.29, 1.82) is 0 Å². The lowest BCUT2D eigenvalue weighted by molar-refractivity contribution is 0.0693. The standard InChI is InChI=1S/C12H10ClNO5S2/c1-19-11-5-10(9(13)4-8(11)12(15)16)14-21(17,18)7-2-3-20-6-7/h2-6,14H,1H3,(H,15,16). The largest absolute Gasteiger partial charge is 0.496 e. The molecule has 0 unspecified atom stereocenters. The predicted molar refractivity (Wildman–Crippen MR) is 80.1 cm³/mol. The van der Waals surface area contributed by atoms with E-state index >= 15 is 0 Å². The van der Waals surface area contributed by atoms with Crippen LogP contribution in [0.3, 0.4) is 0 Å². The van der Waals surface area contributed by atoms with Crippen molar-refractivity contribution in [2.45, 2.75) is 4.90 Å². The van der Waals surface area contributed by atoms with Crippen LogP contribution in [-0.4, -0.2) is 26.6 Å². The molecule has 9 heteroatoms. The molecule has 0 bridgehead atoms. The normalized spacial score (nSPS) is 11.1. The van der Waals surface area contributed by atoms with Gasteiger partial charge in [0, 0.05) is 11.4 Å². The van der Waals surface area contributed by atoms with Gasteiger partial charge < -0.3 is 9.84 Å². The summed E-state index contributed by atoms with van der Waals surface area (Å²) in [6, 6.07) is 3.81. The molecule has 0 fully saturated rings. The summed E-state index contributed by atoms with van der Waals surface area (Å²) >= 11 is 7.17. The highest BCUT2D eigenvalue weighted by atomic mass is 35.5. The van der Waals surface area contributed by atoms with Gasteiger partial charge in [-0.2, -0.15) is 11.3 Å². The summed E-state index contributed by atoms with van der Waals surface area (Å²) in [4.78, 5) is 11.1. The molecule has 0 aliphatic heterocycles. The van der Waals surface area contributed by atoms with Crippen molar-refractivity contribution >= 4 is 44.6 Å². The molecular formula is C12H10ClNO5S2. The van der Waals surface area contributed by atoms with Crippen molar-refractivity contribution in [2.24, 2.45) is 0 Å². The van der Waals surface area contributed by atoms with Crippen molar-refractivity contribution in [3.8, 4) is 5.75 Å². The van der Waals surface area contributed by atoms with E-state index in [1.807, 2.05) is 0 Å². The molecule has 2 aromatic rings. The smallest absolute Gasteiger partial charge is 0.339 e. The maximum absolute atomic E-state index is 12.1. The van der Waals surface area contributed by atoms with Gasteiger partial charge in [0.05, 0.1) is 22.7 Å². The first-order chi connectivity index (χ1) is 9.85. The number of nitrogens with one attached hydrogen (secondary N) is 1. The van der Waals surface area contributed by atoms with E-state index in [1.165, 1.54) is 36.0 Å². The average Bonchev–Trinajstić information content (AvgIpc) is 2.95. The van der Waals surface area contributed by atoms with Crippen LogP contribution in [0.25, 0.3) is 0 Å². The van der Waals surface area contributed by atoms with E-state index in [0.29, 0.717) is 0 Å². The summed E-state index contributed by atoms with van der Waals surface area (Å²) in [7, 11) is -2.49. The third kappa shape index (κ3) is 3.29. The van der Waals surface area contributed by atoms with Crippen molar-refractivity contribution in [1.82, 2.24) is 0 Å². The Morgan fingerprint density at radius 1 is 1.43 bits per heavy atom. The fourth-order valence-corrected chi connectivity index (χ4v) is 3.94. The highest BCUT2D eigenvalue weighted by molar-refractivity contribution is 7.92. The van der Waals surface area contributed by atoms with Crippen molar-refractivity contribution in [2.75, 3.05) is 11.8 Å². The zero-order valence-corrected chi connectivity index (χ0v) is 13.1. The van der Waals surface area contributed by atoms with Crippen LogP contribution in [0.2, 0.25) is 5.02 Å². The highest BCUT2D eigenvalue weighted by Gasteiger charge is 2.20. The first-order valence-electron chi connectivity index (χ1n) is 5.51. The lowest BCUT2D eigenvalue weighted by Crippen LogP contribution is -2.13. The molecule has 0 aliphatic carbocycles. The van der Waals surface area contributed by atoms with Crippen molar-refractivity contribution in [3.63, 3.8) is 0 Å². The van der Waals surface area contributed by atoms with Crippen LogP contribution >= 0.6 is 22.9 Å². The summed E-state index contributed by atoms with van der Waals surface area (Å²) in [6.45, 7) is 0. The number of methoxy groups -OCH3 is 1. The lowest BCUT2D eigenvalue weighted by Gasteiger charge is -2.12. The quantitative estimate of drug-likeness (QED) is 0.867. The maximum atomic E-state index is 12.1. The third-order valence-corrected chi connectivity index (χ3v) is 5.08. The number of halogens is 1. The molecule has 2 rings (SSSR count). The Bertz CT molecular complexity index is 771. The van der Waals surface area contributed by atoms with Gasteiger partial charge in [0.25, 0.3) is 10.0 Å². The summed E-state index contributed by atoms with van der Waals surface area (Å²) in [5, 5.41) is 12.1. The van der Waals surface area contributed by atoms with E-state index in [1.54, 1.807) is 5.38 Å². The molecule has 0 saturated carbocycles. The monoisotopic (exact) mass is 347 g/mol. The fraction of sp³-hybridized carbons (Fsp3) is 0.0833. The van der Waals surface area contributed by atoms with Crippen LogP contribution in [0.4, 0.5) is 5.69 Å². The first kappa shape index (κ1) is 15.6. The fourth-order valence-electron chi connectivity index (χ4n) is 1.58. The van der Waals surface area contributed by atoms with E-state index in [2.05, 4.69) is 4.72 Å². The molecule has 6 nitrogen and oxygen atoms in total. The van der Waals surface area contributed by atoms with Gasteiger partial charge in [0.2, 0.25) is 0 Å². The highest BCUT2D eigenvalue weighted by Crippen LogP contribution is 2.32. The average molecular weight is 348 g/mol. The van der Waals surface area contributed by atoms with E-state index < -0.39 is 16.0 Å². The number of benzene rings is 1. The van der Waals surface area contributed by atoms with Crippen LogP contribution in [0.1, 0.15) is 10.4 Å². The summed E-state index contributed by atoms with van der Waals surface area (Å²) in [5.74, 6) is -1.21. The number of thiophene rings is 1. The minimum absolute atomic E-state index is 0.00918. The van der Waals surface area contributed by atoms with Crippen molar-refractivity contribution < 1.29 is 23.1 Å².